The van der Waals surface area contributed by atoms with E-state index in [1.54, 1.807) is 6.92 Å². The number of rotatable bonds is 6. The third-order valence-corrected chi connectivity index (χ3v) is 3.77. The number of para-hydroxylation sites is 1. The molecule has 4 nitrogen and oxygen atoms in total. The van der Waals surface area contributed by atoms with Crippen LogP contribution >= 0.6 is 0 Å². The molecule has 0 aromatic heterocycles. The van der Waals surface area contributed by atoms with Gasteiger partial charge in [0.05, 0.1) is 6.54 Å². The van der Waals surface area contributed by atoms with Gasteiger partial charge in [-0.1, -0.05) is 61.9 Å². The van der Waals surface area contributed by atoms with Crippen LogP contribution in [0.15, 0.2) is 54.6 Å². The van der Waals surface area contributed by atoms with Crippen molar-refractivity contribution in [3.8, 4) is 0 Å². The number of urea groups is 1. The molecule has 0 heterocycles. The summed E-state index contributed by atoms with van der Waals surface area (Å²) in [6.07, 6.45) is 1.93. The summed E-state index contributed by atoms with van der Waals surface area (Å²) in [7, 11) is 0. The van der Waals surface area contributed by atoms with Crippen LogP contribution in [-0.2, 0) is 12.0 Å². The number of hydrogen-bond acceptors (Lipinski definition) is 2. The molecule has 0 aliphatic carbocycles. The summed E-state index contributed by atoms with van der Waals surface area (Å²) >= 11 is 0. The summed E-state index contributed by atoms with van der Waals surface area (Å²) in [5.74, 6) is 0. The topological polar surface area (TPSA) is 61.4 Å². The van der Waals surface area contributed by atoms with Gasteiger partial charge in [0.1, 0.15) is 5.60 Å². The van der Waals surface area contributed by atoms with Crippen molar-refractivity contribution in [1.82, 2.24) is 5.32 Å². The first-order valence-corrected chi connectivity index (χ1v) is 7.93. The molecular weight excluding hydrogens is 288 g/mol. The SMILES string of the molecule is CCCc1ccccc1NC(=O)NCC(C)(O)c1ccccc1. The summed E-state index contributed by atoms with van der Waals surface area (Å²) < 4.78 is 0. The zero-order valence-corrected chi connectivity index (χ0v) is 13.7. The number of carbonyl (C=O) groups is 1. The van der Waals surface area contributed by atoms with E-state index in [0.29, 0.717) is 0 Å². The number of aryl methyl sites for hydroxylation is 1. The number of aliphatic hydroxyl groups is 1. The molecule has 3 N–H and O–H groups in total. The van der Waals surface area contributed by atoms with Crippen LogP contribution in [0.5, 0.6) is 0 Å². The van der Waals surface area contributed by atoms with Gasteiger partial charge in [-0.15, -0.1) is 0 Å². The van der Waals surface area contributed by atoms with Crippen LogP contribution in [0.4, 0.5) is 10.5 Å². The van der Waals surface area contributed by atoms with Crippen molar-refractivity contribution in [2.45, 2.75) is 32.3 Å². The number of anilines is 1. The van der Waals surface area contributed by atoms with Crippen LogP contribution in [0.25, 0.3) is 0 Å². The first kappa shape index (κ1) is 17.0. The quantitative estimate of drug-likeness (QED) is 0.762. The number of benzene rings is 2. The maximum atomic E-state index is 12.1. The minimum Gasteiger partial charge on any atom is -0.384 e. The summed E-state index contributed by atoms with van der Waals surface area (Å²) in [5, 5.41) is 16.1. The highest BCUT2D eigenvalue weighted by molar-refractivity contribution is 5.90. The molecule has 122 valence electrons. The highest BCUT2D eigenvalue weighted by atomic mass is 16.3. The summed E-state index contributed by atoms with van der Waals surface area (Å²) in [6.45, 7) is 3.93. The van der Waals surface area contributed by atoms with Crippen LogP contribution in [0, 0.1) is 0 Å². The predicted molar refractivity (Wildman–Crippen MR) is 93.5 cm³/mol. The second-order valence-electron chi connectivity index (χ2n) is 5.85. The van der Waals surface area contributed by atoms with E-state index in [1.165, 1.54) is 0 Å². The molecule has 0 saturated heterocycles. The molecule has 0 fully saturated rings. The van der Waals surface area contributed by atoms with Gasteiger partial charge >= 0.3 is 6.03 Å². The largest absolute Gasteiger partial charge is 0.384 e. The van der Waals surface area contributed by atoms with Gasteiger partial charge in [0.15, 0.2) is 0 Å². The number of carbonyl (C=O) groups excluding carboxylic acids is 1. The molecular formula is C19H24N2O2. The molecule has 0 saturated carbocycles. The number of hydrogen-bond donors (Lipinski definition) is 3. The van der Waals surface area contributed by atoms with Crippen molar-refractivity contribution >= 4 is 11.7 Å². The molecule has 2 amide bonds. The third-order valence-electron chi connectivity index (χ3n) is 3.77. The van der Waals surface area contributed by atoms with Gasteiger partial charge in [0.25, 0.3) is 0 Å². The van der Waals surface area contributed by atoms with Gasteiger partial charge < -0.3 is 15.7 Å². The van der Waals surface area contributed by atoms with E-state index in [9.17, 15) is 9.90 Å². The molecule has 0 aliphatic heterocycles. The molecule has 2 aromatic rings. The van der Waals surface area contributed by atoms with Crippen LogP contribution in [0.1, 0.15) is 31.4 Å². The van der Waals surface area contributed by atoms with E-state index in [-0.39, 0.29) is 12.6 Å². The van der Waals surface area contributed by atoms with E-state index in [4.69, 9.17) is 0 Å². The second-order valence-corrected chi connectivity index (χ2v) is 5.85. The molecule has 0 spiro atoms. The van der Waals surface area contributed by atoms with Crippen LogP contribution in [0.3, 0.4) is 0 Å². The lowest BCUT2D eigenvalue weighted by atomic mass is 9.96. The van der Waals surface area contributed by atoms with Crippen LogP contribution < -0.4 is 10.6 Å². The Kier molecular flexibility index (Phi) is 5.77. The normalized spacial score (nSPS) is 13.2. The van der Waals surface area contributed by atoms with Gasteiger partial charge in [0.2, 0.25) is 0 Å². The van der Waals surface area contributed by atoms with Gasteiger partial charge in [-0.25, -0.2) is 4.79 Å². The Labute approximate surface area is 137 Å². The van der Waals surface area contributed by atoms with E-state index < -0.39 is 5.60 Å². The second kappa shape index (κ2) is 7.79. The van der Waals surface area contributed by atoms with Crippen molar-refractivity contribution < 1.29 is 9.90 Å². The first-order valence-electron chi connectivity index (χ1n) is 7.93. The van der Waals surface area contributed by atoms with Gasteiger partial charge in [-0.2, -0.15) is 0 Å². The van der Waals surface area contributed by atoms with E-state index in [0.717, 1.165) is 29.7 Å². The van der Waals surface area contributed by atoms with Gasteiger partial charge in [-0.3, -0.25) is 0 Å². The molecule has 2 aromatic carbocycles. The van der Waals surface area contributed by atoms with Crippen molar-refractivity contribution in [2.24, 2.45) is 0 Å². The number of nitrogens with one attached hydrogen (secondary N) is 2. The fourth-order valence-corrected chi connectivity index (χ4v) is 2.45. The molecule has 0 aliphatic rings. The first-order chi connectivity index (χ1) is 11.0. The zero-order chi connectivity index (χ0) is 16.7. The monoisotopic (exact) mass is 312 g/mol. The molecule has 23 heavy (non-hydrogen) atoms. The highest BCUT2D eigenvalue weighted by Gasteiger charge is 2.23. The van der Waals surface area contributed by atoms with E-state index >= 15 is 0 Å². The van der Waals surface area contributed by atoms with Gasteiger partial charge in [-0.05, 0) is 30.5 Å². The van der Waals surface area contributed by atoms with E-state index in [1.807, 2.05) is 54.6 Å². The third kappa shape index (κ3) is 4.83. The Morgan fingerprint density at radius 2 is 1.74 bits per heavy atom. The predicted octanol–water partition coefficient (Wildman–Crippen LogP) is 3.67. The Hall–Kier alpha value is -2.33. The Bertz CT molecular complexity index is 639. The van der Waals surface area contributed by atoms with Crippen molar-refractivity contribution in [3.05, 3.63) is 65.7 Å². The Morgan fingerprint density at radius 3 is 2.43 bits per heavy atom. The average molecular weight is 312 g/mol. The van der Waals surface area contributed by atoms with Crippen LogP contribution in [0.2, 0.25) is 0 Å². The standard InChI is InChI=1S/C19H24N2O2/c1-3-9-15-10-7-8-13-17(15)21-18(22)20-14-19(2,23)16-11-5-4-6-12-16/h4-8,10-13,23H,3,9,14H2,1-2H3,(H2,20,21,22). The maximum Gasteiger partial charge on any atom is 0.319 e. The Balaban J connectivity index is 1.95. The van der Waals surface area contributed by atoms with Crippen molar-refractivity contribution in [3.63, 3.8) is 0 Å². The lowest BCUT2D eigenvalue weighted by Gasteiger charge is -2.24. The molecule has 0 radical (unpaired) electrons. The lowest BCUT2D eigenvalue weighted by molar-refractivity contribution is 0.0599. The van der Waals surface area contributed by atoms with E-state index in [2.05, 4.69) is 17.6 Å². The molecule has 1 atom stereocenters. The zero-order valence-electron chi connectivity index (χ0n) is 13.7. The maximum absolute atomic E-state index is 12.1. The summed E-state index contributed by atoms with van der Waals surface area (Å²) in [5.41, 5.74) is 1.58. The fourth-order valence-electron chi connectivity index (χ4n) is 2.45. The molecule has 4 heteroatoms. The molecule has 1 unspecified atom stereocenters. The average Bonchev–Trinajstić information content (AvgIpc) is 2.56. The smallest absolute Gasteiger partial charge is 0.319 e. The van der Waals surface area contributed by atoms with Gasteiger partial charge in [0, 0.05) is 5.69 Å². The lowest BCUT2D eigenvalue weighted by Crippen LogP contribution is -2.40. The summed E-state index contributed by atoms with van der Waals surface area (Å²) in [6, 6.07) is 16.8. The number of amides is 2. The van der Waals surface area contributed by atoms with Crippen molar-refractivity contribution in [1.29, 1.82) is 0 Å². The summed E-state index contributed by atoms with van der Waals surface area (Å²) in [4.78, 5) is 12.1. The molecule has 0 bridgehead atoms. The highest BCUT2D eigenvalue weighted by Crippen LogP contribution is 2.19. The van der Waals surface area contributed by atoms with Crippen LogP contribution in [-0.4, -0.2) is 17.7 Å². The minimum absolute atomic E-state index is 0.138. The minimum atomic E-state index is -1.11. The van der Waals surface area contributed by atoms with Crippen molar-refractivity contribution in [2.75, 3.05) is 11.9 Å². The Morgan fingerprint density at radius 1 is 1.09 bits per heavy atom. The molecule has 2 rings (SSSR count). The fraction of sp³-hybridized carbons (Fsp3) is 0.316.